The Morgan fingerprint density at radius 1 is 0.654 bits per heavy atom. The lowest BCUT2D eigenvalue weighted by atomic mass is 10.2. The molecule has 1 aromatic carbocycles. The van der Waals surface area contributed by atoms with Gasteiger partial charge in [0.1, 0.15) is 29.5 Å². The Labute approximate surface area is 309 Å². The number of nitrogens with one attached hydrogen (secondary N) is 2. The molecule has 0 radical (unpaired) electrons. The van der Waals surface area contributed by atoms with Gasteiger partial charge >= 0.3 is 24.4 Å². The standard InChI is InChI=1S/C37H62N6O9/c1-28(39-31(45)49-27-29-15-12-11-13-16-29)30(44)38-17-14-18-40-19-21-41(32(46)50-35(2,3)4)23-25-43(34(48)52-37(8,9)10)26-24-42(22-20-40)33(47)51-36(5,6)7/h11-13,15-16,28H,14,17-27H2,1-10H3,(H,38,44)(H,39,45)/t28-/m0/s1. The quantitative estimate of drug-likeness (QED) is 0.280. The van der Waals surface area contributed by atoms with Crippen LogP contribution in [-0.4, -0.2) is 138 Å². The Bertz CT molecular complexity index is 1260. The van der Waals surface area contributed by atoms with Crippen LogP contribution in [-0.2, 0) is 30.3 Å². The van der Waals surface area contributed by atoms with Crippen LogP contribution >= 0.6 is 0 Å². The molecule has 1 aliphatic rings. The fourth-order valence-electron chi connectivity index (χ4n) is 4.88. The second-order valence-electron chi connectivity index (χ2n) is 15.8. The average Bonchev–Trinajstić information content (AvgIpc) is 3.00. The zero-order valence-electron chi connectivity index (χ0n) is 32.9. The second-order valence-corrected chi connectivity index (χ2v) is 15.8. The van der Waals surface area contributed by atoms with E-state index in [1.165, 1.54) is 4.90 Å². The second kappa shape index (κ2) is 20.1. The molecular formula is C37H62N6O9. The number of carbonyl (C=O) groups is 5. The van der Waals surface area contributed by atoms with Crippen LogP contribution in [0.5, 0.6) is 0 Å². The van der Waals surface area contributed by atoms with Crippen LogP contribution in [0.3, 0.4) is 0 Å². The maximum absolute atomic E-state index is 13.3. The Balaban J connectivity index is 2.11. The van der Waals surface area contributed by atoms with Crippen molar-refractivity contribution >= 4 is 30.3 Å². The minimum atomic E-state index is -0.810. The molecule has 0 aromatic heterocycles. The van der Waals surface area contributed by atoms with Gasteiger partial charge in [0.15, 0.2) is 0 Å². The zero-order chi connectivity index (χ0) is 39.1. The molecule has 2 N–H and O–H groups in total. The number of ether oxygens (including phenoxy) is 4. The number of benzene rings is 1. The fraction of sp³-hybridized carbons (Fsp3) is 0.703. The van der Waals surface area contributed by atoms with Crippen molar-refractivity contribution in [3.05, 3.63) is 35.9 Å². The number of amides is 5. The van der Waals surface area contributed by atoms with Crippen LogP contribution < -0.4 is 10.6 Å². The maximum atomic E-state index is 13.3. The van der Waals surface area contributed by atoms with Crippen LogP contribution in [0.15, 0.2) is 30.3 Å². The number of alkyl carbamates (subject to hydrolysis) is 1. The van der Waals surface area contributed by atoms with E-state index in [4.69, 9.17) is 18.9 Å². The third kappa shape index (κ3) is 18.3. The summed E-state index contributed by atoms with van der Waals surface area (Å²) in [4.78, 5) is 71.5. The highest BCUT2D eigenvalue weighted by Crippen LogP contribution is 2.15. The van der Waals surface area contributed by atoms with Crippen LogP contribution in [0.1, 0.15) is 81.2 Å². The zero-order valence-corrected chi connectivity index (χ0v) is 32.9. The van der Waals surface area contributed by atoms with Crippen molar-refractivity contribution in [3.63, 3.8) is 0 Å². The minimum absolute atomic E-state index is 0.0928. The third-order valence-corrected chi connectivity index (χ3v) is 7.50. The predicted molar refractivity (Wildman–Crippen MR) is 197 cm³/mol. The highest BCUT2D eigenvalue weighted by atomic mass is 16.6. The highest BCUT2D eigenvalue weighted by Gasteiger charge is 2.29. The van der Waals surface area contributed by atoms with Crippen molar-refractivity contribution in [3.8, 4) is 0 Å². The molecule has 1 fully saturated rings. The van der Waals surface area contributed by atoms with Crippen molar-refractivity contribution < 1.29 is 42.9 Å². The molecular weight excluding hydrogens is 672 g/mol. The normalized spacial score (nSPS) is 16.1. The molecule has 1 aliphatic heterocycles. The Kier molecular flexibility index (Phi) is 17.0. The van der Waals surface area contributed by atoms with E-state index in [1.807, 2.05) is 30.3 Å². The number of hydrogen-bond acceptors (Lipinski definition) is 10. The van der Waals surface area contributed by atoms with Gasteiger partial charge < -0.3 is 44.3 Å². The summed E-state index contributed by atoms with van der Waals surface area (Å²) in [6.45, 7) is 20.8. The van der Waals surface area contributed by atoms with Gasteiger partial charge in [0.25, 0.3) is 0 Å². The lowest BCUT2D eigenvalue weighted by molar-refractivity contribution is -0.122. The van der Waals surface area contributed by atoms with Gasteiger partial charge in [-0.05, 0) is 87.8 Å². The first-order valence-electron chi connectivity index (χ1n) is 18.0. The molecule has 1 aromatic rings. The van der Waals surface area contributed by atoms with Gasteiger partial charge in [-0.1, -0.05) is 30.3 Å². The fourth-order valence-corrected chi connectivity index (χ4v) is 4.88. The van der Waals surface area contributed by atoms with E-state index in [-0.39, 0.29) is 38.7 Å². The van der Waals surface area contributed by atoms with E-state index in [0.29, 0.717) is 45.7 Å². The number of carbonyl (C=O) groups excluding carboxylic acids is 5. The summed E-state index contributed by atoms with van der Waals surface area (Å²) in [7, 11) is 0. The summed E-state index contributed by atoms with van der Waals surface area (Å²) < 4.78 is 22.3. The first kappa shape index (κ1) is 43.9. The van der Waals surface area contributed by atoms with E-state index < -0.39 is 47.2 Å². The molecule has 294 valence electrons. The first-order chi connectivity index (χ1) is 24.1. The van der Waals surface area contributed by atoms with Gasteiger partial charge in [-0.2, -0.15) is 0 Å². The van der Waals surface area contributed by atoms with Gasteiger partial charge in [-0.25, -0.2) is 19.2 Å². The molecule has 0 unspecified atom stereocenters. The summed E-state index contributed by atoms with van der Waals surface area (Å²) in [6.07, 6.45) is -1.68. The first-order valence-corrected chi connectivity index (χ1v) is 18.0. The molecule has 5 amide bonds. The lowest BCUT2D eigenvalue weighted by Gasteiger charge is -2.35. The molecule has 1 atom stereocenters. The topological polar surface area (TPSA) is 159 Å². The molecule has 52 heavy (non-hydrogen) atoms. The summed E-state index contributed by atoms with van der Waals surface area (Å²) in [5, 5.41) is 5.40. The largest absolute Gasteiger partial charge is 0.445 e. The Morgan fingerprint density at radius 3 is 1.46 bits per heavy atom. The summed E-state index contributed by atoms with van der Waals surface area (Å²) in [5.41, 5.74) is -1.34. The number of nitrogens with zero attached hydrogens (tertiary/aromatic N) is 4. The summed E-state index contributed by atoms with van der Waals surface area (Å²) in [5.74, 6) is -0.355. The minimum Gasteiger partial charge on any atom is -0.445 e. The molecule has 0 saturated carbocycles. The van der Waals surface area contributed by atoms with Crippen LogP contribution in [0.2, 0.25) is 0 Å². The molecule has 15 nitrogen and oxygen atoms in total. The molecule has 1 saturated heterocycles. The van der Waals surface area contributed by atoms with Crippen molar-refractivity contribution in [1.82, 2.24) is 30.2 Å². The molecule has 0 aliphatic carbocycles. The number of rotatable bonds is 8. The molecule has 1 heterocycles. The summed E-state index contributed by atoms with van der Waals surface area (Å²) in [6, 6.07) is 8.43. The van der Waals surface area contributed by atoms with Crippen LogP contribution in [0.4, 0.5) is 19.2 Å². The van der Waals surface area contributed by atoms with E-state index in [0.717, 1.165) is 5.56 Å². The molecule has 0 spiro atoms. The van der Waals surface area contributed by atoms with Gasteiger partial charge in [-0.3, -0.25) is 9.69 Å². The molecule has 15 heteroatoms. The van der Waals surface area contributed by atoms with Gasteiger partial charge in [0, 0.05) is 58.9 Å². The molecule has 0 bridgehead atoms. The smallest absolute Gasteiger partial charge is 0.410 e. The van der Waals surface area contributed by atoms with Crippen LogP contribution in [0.25, 0.3) is 0 Å². The monoisotopic (exact) mass is 734 g/mol. The third-order valence-electron chi connectivity index (χ3n) is 7.50. The van der Waals surface area contributed by atoms with Crippen molar-refractivity contribution in [2.24, 2.45) is 0 Å². The molecule has 2 rings (SSSR count). The van der Waals surface area contributed by atoms with E-state index in [2.05, 4.69) is 15.5 Å². The van der Waals surface area contributed by atoms with E-state index in [9.17, 15) is 24.0 Å². The summed E-state index contributed by atoms with van der Waals surface area (Å²) >= 11 is 0. The van der Waals surface area contributed by atoms with Crippen molar-refractivity contribution in [2.75, 3.05) is 65.4 Å². The van der Waals surface area contributed by atoms with Gasteiger partial charge in [0.2, 0.25) is 5.91 Å². The van der Waals surface area contributed by atoms with E-state index in [1.54, 1.807) is 79.0 Å². The SMILES string of the molecule is C[C@H](NC(=O)OCc1ccccc1)C(=O)NCCCN1CCN(C(=O)OC(C)(C)C)CCN(C(=O)OC(C)(C)C)CCN(C(=O)OC(C)(C)C)CC1. The lowest BCUT2D eigenvalue weighted by Crippen LogP contribution is -2.51. The average molecular weight is 735 g/mol. The Morgan fingerprint density at radius 2 is 1.06 bits per heavy atom. The Hall–Kier alpha value is -4.27. The van der Waals surface area contributed by atoms with Gasteiger partial charge in [-0.15, -0.1) is 0 Å². The van der Waals surface area contributed by atoms with Crippen molar-refractivity contribution in [1.29, 1.82) is 0 Å². The highest BCUT2D eigenvalue weighted by molar-refractivity contribution is 5.85. The van der Waals surface area contributed by atoms with Crippen molar-refractivity contribution in [2.45, 2.75) is 105 Å². The van der Waals surface area contributed by atoms with E-state index >= 15 is 0 Å². The number of hydrogen-bond donors (Lipinski definition) is 2. The van der Waals surface area contributed by atoms with Gasteiger partial charge in [0.05, 0.1) is 0 Å². The maximum Gasteiger partial charge on any atom is 0.410 e. The predicted octanol–water partition coefficient (Wildman–Crippen LogP) is 4.83. The van der Waals surface area contributed by atoms with Crippen LogP contribution in [0, 0.1) is 0 Å².